The van der Waals surface area contributed by atoms with E-state index in [2.05, 4.69) is 48.0 Å². The number of nitrogens with zero attached hydrogens (tertiary/aromatic N) is 6. The summed E-state index contributed by atoms with van der Waals surface area (Å²) in [5.41, 5.74) is 5.61. The topological polar surface area (TPSA) is 88.3 Å². The summed E-state index contributed by atoms with van der Waals surface area (Å²) in [5, 5.41) is 4.33. The van der Waals surface area contributed by atoms with Crippen LogP contribution in [0.25, 0.3) is 22.2 Å². The lowest BCUT2D eigenvalue weighted by molar-refractivity contribution is 1.09. The van der Waals surface area contributed by atoms with Crippen molar-refractivity contribution in [2.45, 2.75) is 13.8 Å². The molecule has 4 aromatic rings. The number of hydrogen-bond donors (Lipinski definition) is 1. The highest BCUT2D eigenvalue weighted by atomic mass is 15.1. The fourth-order valence-electron chi connectivity index (χ4n) is 3.17. The number of aliphatic imine (C=N–C) groups is 2. The van der Waals surface area contributed by atoms with E-state index in [0.29, 0.717) is 18.3 Å². The Morgan fingerprint density at radius 1 is 1.03 bits per heavy atom. The van der Waals surface area contributed by atoms with Crippen LogP contribution in [0.15, 0.2) is 88.9 Å². The van der Waals surface area contributed by atoms with Gasteiger partial charge in [-0.15, -0.1) is 0 Å². The maximum Gasteiger partial charge on any atom is 0.223 e. The Morgan fingerprint density at radius 2 is 1.91 bits per heavy atom. The SMILES string of the molecule is C=NC(=N/C=C(\C)CNc1nccc(-c2ccc3ncccc3c2)n1)c1ccnc(C)c1. The summed E-state index contributed by atoms with van der Waals surface area (Å²) in [5.74, 6) is 1.11. The number of rotatable bonds is 6. The van der Waals surface area contributed by atoms with Gasteiger partial charge < -0.3 is 5.32 Å². The van der Waals surface area contributed by atoms with Crippen molar-refractivity contribution in [2.75, 3.05) is 11.9 Å². The van der Waals surface area contributed by atoms with Crippen LogP contribution in [-0.4, -0.2) is 39.0 Å². The second-order valence-corrected chi connectivity index (χ2v) is 7.30. The van der Waals surface area contributed by atoms with Crippen molar-refractivity contribution in [3.05, 3.63) is 90.2 Å². The van der Waals surface area contributed by atoms with Gasteiger partial charge in [-0.3, -0.25) is 9.97 Å². The molecule has 4 rings (SSSR count). The van der Waals surface area contributed by atoms with Crippen LogP contribution in [0.5, 0.6) is 0 Å². The number of fused-ring (bicyclic) bond motifs is 1. The minimum Gasteiger partial charge on any atom is -0.350 e. The van der Waals surface area contributed by atoms with E-state index in [4.69, 9.17) is 0 Å². The molecule has 3 aromatic heterocycles. The molecule has 0 bridgehead atoms. The van der Waals surface area contributed by atoms with Crippen molar-refractivity contribution < 1.29 is 0 Å². The third-order valence-corrected chi connectivity index (χ3v) is 4.79. The zero-order valence-electron chi connectivity index (χ0n) is 18.0. The average molecular weight is 422 g/mol. The second-order valence-electron chi connectivity index (χ2n) is 7.30. The Bertz CT molecular complexity index is 1320. The Kier molecular flexibility index (Phi) is 6.36. The van der Waals surface area contributed by atoms with Crippen molar-refractivity contribution in [2.24, 2.45) is 9.98 Å². The zero-order valence-corrected chi connectivity index (χ0v) is 18.0. The van der Waals surface area contributed by atoms with E-state index in [9.17, 15) is 0 Å². The fourth-order valence-corrected chi connectivity index (χ4v) is 3.17. The van der Waals surface area contributed by atoms with Gasteiger partial charge in [0.2, 0.25) is 5.95 Å². The van der Waals surface area contributed by atoms with Gasteiger partial charge in [-0.1, -0.05) is 12.1 Å². The molecule has 32 heavy (non-hydrogen) atoms. The first-order chi connectivity index (χ1) is 15.6. The molecule has 3 heterocycles. The molecule has 0 amide bonds. The van der Waals surface area contributed by atoms with Gasteiger partial charge in [-0.05, 0) is 62.5 Å². The predicted molar refractivity (Wildman–Crippen MR) is 130 cm³/mol. The molecule has 0 radical (unpaired) electrons. The van der Waals surface area contributed by atoms with Gasteiger partial charge in [0, 0.05) is 53.5 Å². The maximum absolute atomic E-state index is 4.65. The molecule has 0 unspecified atom stereocenters. The summed E-state index contributed by atoms with van der Waals surface area (Å²) in [6.45, 7) is 8.09. The van der Waals surface area contributed by atoms with Crippen LogP contribution in [-0.2, 0) is 0 Å². The molecule has 0 aliphatic carbocycles. The van der Waals surface area contributed by atoms with E-state index in [1.54, 1.807) is 24.8 Å². The van der Waals surface area contributed by atoms with Gasteiger partial charge in [-0.25, -0.2) is 20.0 Å². The molecule has 0 aliphatic heterocycles. The Labute approximate surface area is 186 Å². The number of hydrogen-bond acceptors (Lipinski definition) is 6. The van der Waals surface area contributed by atoms with E-state index in [1.807, 2.05) is 56.3 Å². The number of nitrogens with one attached hydrogen (secondary N) is 1. The third kappa shape index (κ3) is 5.07. The highest BCUT2D eigenvalue weighted by molar-refractivity contribution is 6.01. The van der Waals surface area contributed by atoms with E-state index in [0.717, 1.165) is 39.0 Å². The fraction of sp³-hybridized carbons (Fsp3) is 0.120. The second kappa shape index (κ2) is 9.70. The van der Waals surface area contributed by atoms with E-state index in [1.165, 1.54) is 0 Å². The van der Waals surface area contributed by atoms with E-state index >= 15 is 0 Å². The number of anilines is 1. The van der Waals surface area contributed by atoms with Gasteiger partial charge in [0.15, 0.2) is 5.84 Å². The van der Waals surface area contributed by atoms with E-state index < -0.39 is 0 Å². The highest BCUT2D eigenvalue weighted by Gasteiger charge is 2.05. The lowest BCUT2D eigenvalue weighted by atomic mass is 10.1. The maximum atomic E-state index is 4.65. The summed E-state index contributed by atoms with van der Waals surface area (Å²) in [6.07, 6.45) is 7.05. The lowest BCUT2D eigenvalue weighted by Crippen LogP contribution is -2.07. The van der Waals surface area contributed by atoms with Gasteiger partial charge in [0.1, 0.15) is 0 Å². The molecule has 7 heteroatoms. The molecule has 0 atom stereocenters. The molecule has 1 aromatic carbocycles. The van der Waals surface area contributed by atoms with Crippen molar-refractivity contribution in [1.82, 2.24) is 19.9 Å². The number of pyridine rings is 2. The minimum atomic E-state index is 0.550. The monoisotopic (exact) mass is 421 g/mol. The summed E-state index contributed by atoms with van der Waals surface area (Å²) in [6, 6.07) is 15.8. The first-order valence-electron chi connectivity index (χ1n) is 10.2. The van der Waals surface area contributed by atoms with E-state index in [-0.39, 0.29) is 0 Å². The number of amidine groups is 1. The first-order valence-corrected chi connectivity index (χ1v) is 10.2. The number of aryl methyl sites for hydroxylation is 1. The van der Waals surface area contributed by atoms with Crippen LogP contribution >= 0.6 is 0 Å². The van der Waals surface area contributed by atoms with Crippen molar-refractivity contribution in [3.8, 4) is 11.3 Å². The number of benzene rings is 1. The van der Waals surface area contributed by atoms with Crippen LogP contribution in [0.3, 0.4) is 0 Å². The molecule has 0 fully saturated rings. The molecule has 0 spiro atoms. The summed E-state index contributed by atoms with van der Waals surface area (Å²) >= 11 is 0. The lowest BCUT2D eigenvalue weighted by Gasteiger charge is -2.07. The molecular weight excluding hydrogens is 398 g/mol. The minimum absolute atomic E-state index is 0.550. The molecule has 1 N–H and O–H groups in total. The normalized spacial score (nSPS) is 12.1. The predicted octanol–water partition coefficient (Wildman–Crippen LogP) is 4.86. The van der Waals surface area contributed by atoms with Crippen molar-refractivity contribution in [3.63, 3.8) is 0 Å². The van der Waals surface area contributed by atoms with Crippen LogP contribution < -0.4 is 5.32 Å². The van der Waals surface area contributed by atoms with Crippen LogP contribution in [0.2, 0.25) is 0 Å². The summed E-state index contributed by atoms with van der Waals surface area (Å²) < 4.78 is 0. The largest absolute Gasteiger partial charge is 0.350 e. The smallest absolute Gasteiger partial charge is 0.223 e. The quantitative estimate of drug-likeness (QED) is 0.355. The standard InChI is InChI=1S/C25H23N7/c1-17(15-30-24(26-3)21-8-11-27-18(2)13-21)16-31-25-29-12-9-23(32-25)20-6-7-22-19(14-20)5-4-10-28-22/h4-15H,3,16H2,1-2H3,(H,29,31,32)/b17-15+,30-24?. The Balaban J connectivity index is 1.47. The summed E-state index contributed by atoms with van der Waals surface area (Å²) in [7, 11) is 0. The van der Waals surface area contributed by atoms with Crippen LogP contribution in [0.1, 0.15) is 18.2 Å². The van der Waals surface area contributed by atoms with Crippen molar-refractivity contribution in [1.29, 1.82) is 0 Å². The first kappa shape index (κ1) is 21.0. The molecule has 7 nitrogen and oxygen atoms in total. The molecule has 158 valence electrons. The molecule has 0 saturated carbocycles. The van der Waals surface area contributed by atoms with Gasteiger partial charge in [0.05, 0.1) is 11.2 Å². The zero-order chi connectivity index (χ0) is 22.3. The average Bonchev–Trinajstić information content (AvgIpc) is 2.83. The van der Waals surface area contributed by atoms with Crippen molar-refractivity contribution >= 4 is 29.4 Å². The Morgan fingerprint density at radius 3 is 2.75 bits per heavy atom. The molecular formula is C25H23N7. The number of aromatic nitrogens is 4. The van der Waals surface area contributed by atoms with Gasteiger partial charge >= 0.3 is 0 Å². The molecule has 0 saturated heterocycles. The molecule has 0 aliphatic rings. The van der Waals surface area contributed by atoms with Gasteiger partial charge in [-0.2, -0.15) is 0 Å². The third-order valence-electron chi connectivity index (χ3n) is 4.79. The van der Waals surface area contributed by atoms with Gasteiger partial charge in [0.25, 0.3) is 0 Å². The van der Waals surface area contributed by atoms with Crippen LogP contribution in [0, 0.1) is 6.92 Å². The van der Waals surface area contributed by atoms with Crippen LogP contribution in [0.4, 0.5) is 5.95 Å². The Hall–Kier alpha value is -4.26. The highest BCUT2D eigenvalue weighted by Crippen LogP contribution is 2.22. The summed E-state index contributed by atoms with van der Waals surface area (Å²) in [4.78, 5) is 26.1.